The zero-order valence-electron chi connectivity index (χ0n) is 53.8. The van der Waals surface area contributed by atoms with Crippen molar-refractivity contribution >= 4 is 65.2 Å². The number of carbonyl (C=O) groups excluding carboxylic acids is 3. The first kappa shape index (κ1) is 64.9. The van der Waals surface area contributed by atoms with Crippen molar-refractivity contribution in [1.82, 2.24) is 58.2 Å². The third kappa shape index (κ3) is 12.8. The quantitative estimate of drug-likeness (QED) is 0.0634. The highest BCUT2D eigenvalue weighted by Crippen LogP contribution is 2.42. The molecule has 2 unspecified atom stereocenters. The minimum Gasteiger partial charge on any atom is -0.381 e. The minimum absolute atomic E-state index is 0.0187. The van der Waals surface area contributed by atoms with Crippen LogP contribution >= 0.6 is 0 Å². The van der Waals surface area contributed by atoms with Gasteiger partial charge in [0.25, 0.3) is 30.1 Å². The van der Waals surface area contributed by atoms with E-state index >= 15 is 0 Å². The maximum Gasteiger partial charge on any atom is 0.333 e. The summed E-state index contributed by atoms with van der Waals surface area (Å²) in [7, 11) is -1.63. The molecule has 6 amide bonds. The van der Waals surface area contributed by atoms with Crippen LogP contribution in [0.25, 0.3) is 0 Å². The highest BCUT2D eigenvalue weighted by molar-refractivity contribution is 7.90. The molecule has 28 heteroatoms. The molecule has 0 radical (unpaired) electrons. The van der Waals surface area contributed by atoms with Gasteiger partial charge in [-0.25, -0.2) is 28.5 Å². The van der Waals surface area contributed by atoms with E-state index in [1.165, 1.54) is 54.9 Å². The smallest absolute Gasteiger partial charge is 0.333 e. The monoisotopic (exact) mass is 1320 g/mol. The van der Waals surface area contributed by atoms with Crippen molar-refractivity contribution in [1.29, 1.82) is 0 Å². The van der Waals surface area contributed by atoms with Crippen LogP contribution in [0, 0.1) is 0 Å². The number of likely N-dealkylation sites (N-methyl/N-ethyl adjacent to an activating group) is 1. The molecule has 5 heterocycles. The number of aliphatic hydroxyl groups is 1. The number of nitrogens with zero attached hydrogens (tertiary/aromatic N) is 9. The summed E-state index contributed by atoms with van der Waals surface area (Å²) in [5, 5.41) is 31.0. The van der Waals surface area contributed by atoms with E-state index in [2.05, 4.69) is 68.5 Å². The van der Waals surface area contributed by atoms with Crippen molar-refractivity contribution in [3.8, 4) is 0 Å². The van der Waals surface area contributed by atoms with Crippen molar-refractivity contribution in [2.45, 2.75) is 169 Å². The Kier molecular flexibility index (Phi) is 17.8. The van der Waals surface area contributed by atoms with Crippen molar-refractivity contribution < 1.29 is 44.7 Å². The molecule has 3 aromatic heterocycles. The molecule has 2 fully saturated rings. The second-order valence-corrected chi connectivity index (χ2v) is 31.2. The van der Waals surface area contributed by atoms with Crippen molar-refractivity contribution in [3.05, 3.63) is 120 Å². The number of hydrogen-bond acceptors (Lipinski definition) is 16. The van der Waals surface area contributed by atoms with Crippen LogP contribution in [0.15, 0.2) is 51.5 Å². The van der Waals surface area contributed by atoms with Gasteiger partial charge in [-0.05, 0) is 224 Å². The SMILES string of the molecule is CC(c1cc(S(=O)(=O)NC(=O)Nc2c3c(cc4c2CCC4)CCC3)nn1C)N(C)C.CC(c1cc(S(=O)(=O)NC(=O)Nc2c3c(cc4c2CCC4)CCC3)nn1C)N1CCC1.CN1CC(O)(c2cc(S(=O)(=O)NC(=O)Nc3c4c(cc5c3CCC5)CCC4)nn2C)C1. The van der Waals surface area contributed by atoms with Gasteiger partial charge in [0.2, 0.25) is 0 Å². The molecule has 92 heavy (non-hydrogen) atoms. The molecule has 2 aliphatic heterocycles. The zero-order valence-corrected chi connectivity index (χ0v) is 56.2. The van der Waals surface area contributed by atoms with Gasteiger partial charge < -0.3 is 26.0 Å². The van der Waals surface area contributed by atoms with Gasteiger partial charge in [-0.3, -0.25) is 23.8 Å². The second kappa shape index (κ2) is 25.3. The number of hydrogen-bond donors (Lipinski definition) is 7. The third-order valence-corrected chi connectivity index (χ3v) is 23.5. The predicted octanol–water partition coefficient (Wildman–Crippen LogP) is 6.25. The highest BCUT2D eigenvalue weighted by atomic mass is 32.2. The first-order chi connectivity index (χ1) is 43.7. The molecular formula is C64H85N15O10S3. The molecule has 0 spiro atoms. The van der Waals surface area contributed by atoms with Crippen LogP contribution in [-0.2, 0) is 134 Å². The number of nitrogens with one attached hydrogen (secondary N) is 6. The number of rotatable bonds is 14. The summed E-state index contributed by atoms with van der Waals surface area (Å²) in [6.45, 7) is 6.79. The lowest BCUT2D eigenvalue weighted by Crippen LogP contribution is -2.58. The number of anilines is 3. The minimum atomic E-state index is -4.19. The van der Waals surface area contributed by atoms with Crippen LogP contribution in [0.5, 0.6) is 0 Å². The summed E-state index contributed by atoms with van der Waals surface area (Å²) in [5.41, 5.74) is 17.8. The van der Waals surface area contributed by atoms with Gasteiger partial charge in [-0.1, -0.05) is 18.2 Å². The number of carbonyl (C=O) groups is 3. The molecule has 2 saturated heterocycles. The third-order valence-electron chi connectivity index (χ3n) is 19.9. The maximum absolute atomic E-state index is 12.9. The first-order valence-electron chi connectivity index (χ1n) is 32.1. The van der Waals surface area contributed by atoms with Gasteiger partial charge in [-0.2, -0.15) is 40.5 Å². The molecule has 0 bridgehead atoms. The van der Waals surface area contributed by atoms with E-state index in [9.17, 15) is 44.7 Å². The van der Waals surface area contributed by atoms with E-state index in [1.54, 1.807) is 31.9 Å². The van der Waals surface area contributed by atoms with Gasteiger partial charge in [0.1, 0.15) is 5.60 Å². The van der Waals surface area contributed by atoms with Crippen LogP contribution in [0.1, 0.15) is 155 Å². The Morgan fingerprint density at radius 2 is 0.783 bits per heavy atom. The van der Waals surface area contributed by atoms with Crippen LogP contribution < -0.4 is 30.1 Å². The van der Waals surface area contributed by atoms with E-state index < -0.39 is 53.8 Å². The van der Waals surface area contributed by atoms with Gasteiger partial charge in [-0.15, -0.1) is 0 Å². The molecule has 494 valence electrons. The molecule has 2 atom stereocenters. The number of aryl methyl sites for hydroxylation is 9. The lowest BCUT2D eigenvalue weighted by Gasteiger charge is -2.44. The topological polar surface area (TPSA) is 309 Å². The van der Waals surface area contributed by atoms with Gasteiger partial charge >= 0.3 is 18.1 Å². The van der Waals surface area contributed by atoms with E-state index in [0.717, 1.165) is 197 Å². The standard InChI is InChI=1S/C22H29N5O3S.C21H27N5O4S.C21H29N5O3S/c1-14(27-10-5-11-27)19-13-20(24-26(19)2)31(29,30)25-22(28)23-21-17-8-3-6-15(17)12-16-7-4-9-18(16)21;1-25-11-21(28,12-25)17-10-18(23-26(17)2)31(29,30)24-20(27)22-19-15-7-3-5-13(15)9-14-6-4-8-16(14)19;1-13(25(2)3)18-12-19(23-26(18)4)30(28,29)24-21(27)22-20-16-9-5-7-14(16)11-15-8-6-10-17(15)20/h12-14H,3-11H2,1-2H3,(H2,23,25,28);9-10,28H,3-8,11-12H2,1-2H3,(H2,22,24,27);11-13H,5-10H2,1-4H3,(H2,22,24,27). The first-order valence-corrected chi connectivity index (χ1v) is 36.6. The Morgan fingerprint density at radius 1 is 0.467 bits per heavy atom. The largest absolute Gasteiger partial charge is 0.381 e. The number of β-amino-alcohol motifs (C(OH)–C–C–N with tert-alkyl or cyclic N) is 1. The summed E-state index contributed by atoms with van der Waals surface area (Å²) < 4.78 is 87.9. The molecule has 0 saturated carbocycles. The molecule has 3 aromatic carbocycles. The number of fused-ring (bicyclic) bond motifs is 6. The Morgan fingerprint density at radius 3 is 1.10 bits per heavy atom. The van der Waals surface area contributed by atoms with Crippen molar-refractivity contribution in [2.75, 3.05) is 63.3 Å². The predicted molar refractivity (Wildman–Crippen MR) is 347 cm³/mol. The Labute approximate surface area is 538 Å². The van der Waals surface area contributed by atoms with Crippen molar-refractivity contribution in [2.24, 2.45) is 21.1 Å². The normalized spacial score (nSPS) is 18.3. The van der Waals surface area contributed by atoms with Crippen molar-refractivity contribution in [3.63, 3.8) is 0 Å². The number of sulfonamides is 3. The molecular weight excluding hydrogens is 1230 g/mol. The van der Waals surface area contributed by atoms with Crippen LogP contribution in [0.2, 0.25) is 0 Å². The fourth-order valence-electron chi connectivity index (χ4n) is 15.0. The molecule has 25 nitrogen and oxygen atoms in total. The molecule has 6 aromatic rings. The lowest BCUT2D eigenvalue weighted by molar-refractivity contribution is -0.0972. The maximum atomic E-state index is 12.9. The number of urea groups is 3. The Balaban J connectivity index is 0.000000133. The summed E-state index contributed by atoms with van der Waals surface area (Å²) in [5.74, 6) is 0. The van der Waals surface area contributed by atoms with Crippen LogP contribution in [-0.4, -0.2) is 140 Å². The van der Waals surface area contributed by atoms with E-state index in [0.29, 0.717) is 18.8 Å². The summed E-state index contributed by atoms with van der Waals surface area (Å²) >= 11 is 0. The Hall–Kier alpha value is -7.21. The van der Waals surface area contributed by atoms with Gasteiger partial charge in [0.15, 0.2) is 15.1 Å². The lowest BCUT2D eigenvalue weighted by atomic mass is 9.91. The van der Waals surface area contributed by atoms with E-state index in [1.807, 2.05) is 44.8 Å². The average Bonchev–Trinajstić information content (AvgIpc) is 1.54. The number of aromatic nitrogens is 6. The number of likely N-dealkylation sites (tertiary alicyclic amines) is 2. The molecule has 7 N–H and O–H groups in total. The summed E-state index contributed by atoms with van der Waals surface area (Å²) in [4.78, 5) is 44.3. The fraction of sp³-hybridized carbons (Fsp3) is 0.531. The molecule has 14 rings (SSSR count). The number of amides is 6. The molecule has 8 aliphatic rings. The van der Waals surface area contributed by atoms with Gasteiger partial charge in [0.05, 0.1) is 17.1 Å². The summed E-state index contributed by atoms with van der Waals surface area (Å²) in [6.07, 6.45) is 19.0. The highest BCUT2D eigenvalue weighted by Gasteiger charge is 2.44. The van der Waals surface area contributed by atoms with E-state index in [4.69, 9.17) is 0 Å². The van der Waals surface area contributed by atoms with Gasteiger partial charge in [0, 0.05) is 94.7 Å². The zero-order chi connectivity index (χ0) is 65.3. The summed E-state index contributed by atoms with van der Waals surface area (Å²) in [6, 6.07) is 9.02. The number of benzene rings is 3. The molecule has 6 aliphatic carbocycles. The van der Waals surface area contributed by atoms with Crippen LogP contribution in [0.4, 0.5) is 31.4 Å². The second-order valence-electron chi connectivity index (χ2n) is 26.3. The van der Waals surface area contributed by atoms with Crippen LogP contribution in [0.3, 0.4) is 0 Å². The van der Waals surface area contributed by atoms with E-state index in [-0.39, 0.29) is 27.2 Å². The fourth-order valence-corrected chi connectivity index (χ4v) is 17.7. The average molecular weight is 1320 g/mol. The Bertz CT molecular complexity index is 4200.